The molecule has 25 heavy (non-hydrogen) atoms. The van der Waals surface area contributed by atoms with E-state index >= 15 is 0 Å². The lowest BCUT2D eigenvalue weighted by atomic mass is 10.0. The topological polar surface area (TPSA) is 20.3 Å². The molecule has 0 spiro atoms. The Kier molecular flexibility index (Phi) is 3.39. The molecule has 2 nitrogen and oxygen atoms in total. The van der Waals surface area contributed by atoms with E-state index in [-0.39, 0.29) is 11.3 Å². The summed E-state index contributed by atoms with van der Waals surface area (Å²) in [5.74, 6) is 0.746. The molecule has 1 aliphatic heterocycles. The highest BCUT2D eigenvalue weighted by Gasteiger charge is 2.35. The van der Waals surface area contributed by atoms with Gasteiger partial charge in [-0.3, -0.25) is 9.69 Å². The first kappa shape index (κ1) is 15.0. The van der Waals surface area contributed by atoms with E-state index in [4.69, 9.17) is 0 Å². The predicted octanol–water partition coefficient (Wildman–Crippen LogP) is 5.03. The van der Waals surface area contributed by atoms with Crippen molar-refractivity contribution in [3.63, 3.8) is 0 Å². The summed E-state index contributed by atoms with van der Waals surface area (Å²) in [5.41, 5.74) is 6.34. The Morgan fingerprint density at radius 1 is 0.960 bits per heavy atom. The summed E-state index contributed by atoms with van der Waals surface area (Å²) < 4.78 is 0. The van der Waals surface area contributed by atoms with Gasteiger partial charge in [-0.15, -0.1) is 11.8 Å². The molecule has 1 heterocycles. The number of rotatable bonds is 2. The lowest BCUT2D eigenvalue weighted by molar-refractivity contribution is -0.115. The molecule has 0 radical (unpaired) electrons. The molecule has 0 N–H and O–H groups in total. The number of carbonyl (C=O) groups is 1. The third-order valence-electron chi connectivity index (χ3n) is 5.34. The summed E-state index contributed by atoms with van der Waals surface area (Å²) in [6.07, 6.45) is 2.22. The van der Waals surface area contributed by atoms with Crippen LogP contribution in [0.15, 0.2) is 54.6 Å². The minimum absolute atomic E-state index is 0.0616. The summed E-state index contributed by atoms with van der Waals surface area (Å²) >= 11 is 1.72. The van der Waals surface area contributed by atoms with Crippen LogP contribution in [0.5, 0.6) is 0 Å². The second kappa shape index (κ2) is 5.63. The van der Waals surface area contributed by atoms with Gasteiger partial charge in [0.15, 0.2) is 0 Å². The molecule has 0 aromatic heterocycles. The van der Waals surface area contributed by atoms with Crippen LogP contribution in [-0.2, 0) is 17.6 Å². The second-order valence-electron chi connectivity index (χ2n) is 6.92. The van der Waals surface area contributed by atoms with E-state index in [0.29, 0.717) is 5.75 Å². The van der Waals surface area contributed by atoms with Crippen LogP contribution in [0.1, 0.15) is 27.6 Å². The molecular formula is C22H19NOS. The van der Waals surface area contributed by atoms with Crippen LogP contribution in [0.2, 0.25) is 0 Å². The van der Waals surface area contributed by atoms with Crippen molar-refractivity contribution >= 4 is 34.1 Å². The summed E-state index contributed by atoms with van der Waals surface area (Å²) in [7, 11) is 0. The highest BCUT2D eigenvalue weighted by atomic mass is 32.2. The molecule has 1 saturated heterocycles. The lowest BCUT2D eigenvalue weighted by Crippen LogP contribution is -2.28. The number of hydrogen-bond donors (Lipinski definition) is 0. The predicted molar refractivity (Wildman–Crippen MR) is 105 cm³/mol. The Hall–Kier alpha value is -2.26. The first-order chi connectivity index (χ1) is 12.2. The molecule has 124 valence electrons. The van der Waals surface area contributed by atoms with E-state index in [9.17, 15) is 4.79 Å². The van der Waals surface area contributed by atoms with Crippen LogP contribution < -0.4 is 4.90 Å². The van der Waals surface area contributed by atoms with E-state index in [0.717, 1.165) is 18.5 Å². The van der Waals surface area contributed by atoms with Crippen molar-refractivity contribution in [1.29, 1.82) is 0 Å². The van der Waals surface area contributed by atoms with Crippen LogP contribution in [0.3, 0.4) is 0 Å². The molecule has 1 fully saturated rings. The van der Waals surface area contributed by atoms with Gasteiger partial charge in [-0.25, -0.2) is 0 Å². The average Bonchev–Trinajstić information content (AvgIpc) is 3.22. The summed E-state index contributed by atoms with van der Waals surface area (Å²) in [5, 5.41) is 2.65. The van der Waals surface area contributed by atoms with Crippen molar-refractivity contribution in [2.45, 2.75) is 25.1 Å². The van der Waals surface area contributed by atoms with E-state index < -0.39 is 0 Å². The smallest absolute Gasteiger partial charge is 0.238 e. The van der Waals surface area contributed by atoms with Crippen molar-refractivity contribution in [2.24, 2.45) is 0 Å². The van der Waals surface area contributed by atoms with Crippen LogP contribution in [0, 0.1) is 6.92 Å². The molecule has 5 rings (SSSR count). The highest BCUT2D eigenvalue weighted by molar-refractivity contribution is 8.00. The maximum atomic E-state index is 12.8. The zero-order valence-electron chi connectivity index (χ0n) is 14.2. The Morgan fingerprint density at radius 3 is 2.52 bits per heavy atom. The first-order valence-corrected chi connectivity index (χ1v) is 9.81. The molecule has 3 heteroatoms. The zero-order valence-corrected chi connectivity index (χ0v) is 15.0. The summed E-state index contributed by atoms with van der Waals surface area (Å²) in [6, 6.07) is 19.5. The lowest BCUT2D eigenvalue weighted by Gasteiger charge is -2.26. The van der Waals surface area contributed by atoms with Gasteiger partial charge in [-0.2, -0.15) is 0 Å². The van der Waals surface area contributed by atoms with Crippen LogP contribution in [0.4, 0.5) is 5.69 Å². The van der Waals surface area contributed by atoms with Crippen molar-refractivity contribution in [2.75, 3.05) is 10.7 Å². The molecule has 3 aromatic rings. The van der Waals surface area contributed by atoms with Crippen LogP contribution in [-0.4, -0.2) is 11.7 Å². The quantitative estimate of drug-likeness (QED) is 0.649. The number of thioether (sulfide) groups is 1. The average molecular weight is 345 g/mol. The fourth-order valence-corrected chi connectivity index (χ4v) is 5.27. The number of anilines is 1. The molecular weight excluding hydrogens is 326 g/mol. The van der Waals surface area contributed by atoms with Gasteiger partial charge in [-0.05, 0) is 47.9 Å². The molecule has 1 atom stereocenters. The fourth-order valence-electron chi connectivity index (χ4n) is 4.10. The monoisotopic (exact) mass is 345 g/mol. The number of nitrogens with zero attached hydrogens (tertiary/aromatic N) is 1. The second-order valence-corrected chi connectivity index (χ2v) is 7.99. The Morgan fingerprint density at radius 2 is 1.72 bits per heavy atom. The Balaban J connectivity index is 1.67. The van der Waals surface area contributed by atoms with Crippen LogP contribution in [0.25, 0.3) is 10.8 Å². The molecule has 1 amide bonds. The minimum Gasteiger partial charge on any atom is -0.294 e. The molecule has 0 saturated carbocycles. The first-order valence-electron chi connectivity index (χ1n) is 8.76. The van der Waals surface area contributed by atoms with Crippen molar-refractivity contribution in [3.05, 3.63) is 76.9 Å². The number of carbonyl (C=O) groups excluding carboxylic acids is 1. The van der Waals surface area contributed by atoms with E-state index in [2.05, 4.69) is 61.5 Å². The van der Waals surface area contributed by atoms with Gasteiger partial charge in [0.05, 0.1) is 11.4 Å². The van der Waals surface area contributed by atoms with E-state index in [1.807, 2.05) is 4.90 Å². The van der Waals surface area contributed by atoms with Gasteiger partial charge >= 0.3 is 0 Å². The third-order valence-corrected chi connectivity index (χ3v) is 6.56. The number of amides is 1. The molecule has 1 unspecified atom stereocenters. The normalized spacial score (nSPS) is 19.2. The van der Waals surface area contributed by atoms with Crippen LogP contribution >= 0.6 is 11.8 Å². The number of aryl methyl sites for hydroxylation is 3. The van der Waals surface area contributed by atoms with Gasteiger partial charge in [0.2, 0.25) is 5.91 Å². The van der Waals surface area contributed by atoms with E-state index in [1.54, 1.807) is 11.8 Å². The summed E-state index contributed by atoms with van der Waals surface area (Å²) in [6.45, 7) is 2.09. The maximum Gasteiger partial charge on any atom is 0.238 e. The summed E-state index contributed by atoms with van der Waals surface area (Å²) in [4.78, 5) is 14.8. The van der Waals surface area contributed by atoms with Crippen molar-refractivity contribution in [1.82, 2.24) is 0 Å². The maximum absolute atomic E-state index is 12.8. The molecule has 2 aliphatic rings. The van der Waals surface area contributed by atoms with Gasteiger partial charge in [-0.1, -0.05) is 54.1 Å². The van der Waals surface area contributed by atoms with E-state index in [1.165, 1.54) is 33.0 Å². The SMILES string of the molecule is Cc1ccc(C2SCC(=O)N2c2ccc3c4c(cccc24)CC3)cc1. The fraction of sp³-hybridized carbons (Fsp3) is 0.227. The Labute approximate surface area is 151 Å². The van der Waals surface area contributed by atoms with Gasteiger partial charge in [0.1, 0.15) is 5.37 Å². The standard InChI is InChI=1S/C22H19NOS/c1-14-5-7-17(8-6-14)22-23(20(24)13-25-22)19-12-11-16-10-9-15-3-2-4-18(19)21(15)16/h2-8,11-12,22H,9-10,13H2,1H3. The number of hydrogen-bond acceptors (Lipinski definition) is 2. The van der Waals surface area contributed by atoms with Gasteiger partial charge in [0.25, 0.3) is 0 Å². The third kappa shape index (κ3) is 2.30. The minimum atomic E-state index is 0.0616. The highest BCUT2D eigenvalue weighted by Crippen LogP contribution is 2.45. The van der Waals surface area contributed by atoms with Gasteiger partial charge in [0, 0.05) is 5.39 Å². The van der Waals surface area contributed by atoms with Crippen molar-refractivity contribution in [3.8, 4) is 0 Å². The molecule has 1 aliphatic carbocycles. The van der Waals surface area contributed by atoms with Gasteiger partial charge < -0.3 is 0 Å². The largest absolute Gasteiger partial charge is 0.294 e. The van der Waals surface area contributed by atoms with Crippen molar-refractivity contribution < 1.29 is 4.79 Å². The molecule has 3 aromatic carbocycles. The molecule has 0 bridgehead atoms. The Bertz CT molecular complexity index is 983. The zero-order chi connectivity index (χ0) is 17.0. The number of benzene rings is 3.